The van der Waals surface area contributed by atoms with Crippen molar-refractivity contribution in [1.29, 1.82) is 0 Å². The summed E-state index contributed by atoms with van der Waals surface area (Å²) in [6.45, 7) is 1.70. The number of thioether (sulfide) groups is 1. The van der Waals surface area contributed by atoms with Crippen LogP contribution in [0.15, 0.2) is 69.8 Å². The number of aryl methyl sites for hydroxylation is 1. The number of carbonyl (C=O) groups excluding carboxylic acids is 1. The summed E-state index contributed by atoms with van der Waals surface area (Å²) in [6, 6.07) is 14.4. The van der Waals surface area contributed by atoms with Gasteiger partial charge in [0.2, 0.25) is 15.9 Å². The Labute approximate surface area is 146 Å². The molecule has 7 heteroatoms. The van der Waals surface area contributed by atoms with Gasteiger partial charge in [0.05, 0.1) is 4.90 Å². The Bertz CT molecular complexity index is 847. The number of rotatable bonds is 6. The van der Waals surface area contributed by atoms with E-state index < -0.39 is 10.0 Å². The normalized spacial score (nSPS) is 11.6. The highest BCUT2D eigenvalue weighted by atomic mass is 32.2. The lowest BCUT2D eigenvalue weighted by Crippen LogP contribution is -2.20. The van der Waals surface area contributed by atoms with E-state index in [-0.39, 0.29) is 10.8 Å². The maximum absolute atomic E-state index is 11.9. The second-order valence-electron chi connectivity index (χ2n) is 4.91. The Morgan fingerprint density at radius 3 is 2.50 bits per heavy atom. The molecule has 24 heavy (non-hydrogen) atoms. The standard InChI is InChI=1S/C17H18N2O3S2/c1-13-8-9-14(12-16(13)24(21,22)18-2)19-17(20)10-11-23-15-6-4-3-5-7-15/h3-12,18H,1-2H3,(H,19,20)/b11-10+. The summed E-state index contributed by atoms with van der Waals surface area (Å²) in [4.78, 5) is 13.1. The highest BCUT2D eigenvalue weighted by molar-refractivity contribution is 8.02. The topological polar surface area (TPSA) is 75.3 Å². The summed E-state index contributed by atoms with van der Waals surface area (Å²) in [5.74, 6) is -0.324. The largest absolute Gasteiger partial charge is 0.322 e. The lowest BCUT2D eigenvalue weighted by atomic mass is 10.2. The third kappa shape index (κ3) is 4.95. The molecule has 2 aromatic rings. The Morgan fingerprint density at radius 2 is 1.83 bits per heavy atom. The number of hydrogen-bond acceptors (Lipinski definition) is 4. The van der Waals surface area contributed by atoms with Crippen LogP contribution in [0.1, 0.15) is 5.56 Å². The van der Waals surface area contributed by atoms with Gasteiger partial charge in [-0.1, -0.05) is 36.0 Å². The predicted octanol–water partition coefficient (Wildman–Crippen LogP) is 3.15. The van der Waals surface area contributed by atoms with Crippen LogP contribution in [0.5, 0.6) is 0 Å². The summed E-state index contributed by atoms with van der Waals surface area (Å²) in [7, 11) is -2.21. The molecule has 0 spiro atoms. The van der Waals surface area contributed by atoms with E-state index in [9.17, 15) is 13.2 Å². The fraction of sp³-hybridized carbons (Fsp3) is 0.118. The van der Waals surface area contributed by atoms with Crippen molar-refractivity contribution in [2.24, 2.45) is 0 Å². The van der Waals surface area contributed by atoms with Gasteiger partial charge in [-0.25, -0.2) is 13.1 Å². The summed E-state index contributed by atoms with van der Waals surface area (Å²) in [5.41, 5.74) is 1.03. The molecule has 0 atom stereocenters. The van der Waals surface area contributed by atoms with Crippen molar-refractivity contribution in [3.05, 3.63) is 65.6 Å². The maximum atomic E-state index is 11.9. The lowest BCUT2D eigenvalue weighted by molar-refractivity contribution is -0.111. The molecule has 0 aromatic heterocycles. The summed E-state index contributed by atoms with van der Waals surface area (Å²) < 4.78 is 26.2. The van der Waals surface area contributed by atoms with Gasteiger partial charge in [0.25, 0.3) is 0 Å². The van der Waals surface area contributed by atoms with Gasteiger partial charge in [-0.05, 0) is 49.2 Å². The molecule has 0 aliphatic carbocycles. The Morgan fingerprint density at radius 1 is 1.12 bits per heavy atom. The van der Waals surface area contributed by atoms with Crippen LogP contribution in [-0.2, 0) is 14.8 Å². The molecule has 0 saturated carbocycles. The second-order valence-corrected chi connectivity index (χ2v) is 7.74. The quantitative estimate of drug-likeness (QED) is 0.611. The first-order chi connectivity index (χ1) is 11.4. The Kier molecular flexibility index (Phi) is 6.19. The average molecular weight is 362 g/mol. The van der Waals surface area contributed by atoms with E-state index >= 15 is 0 Å². The summed E-state index contributed by atoms with van der Waals surface area (Å²) >= 11 is 1.43. The van der Waals surface area contributed by atoms with Crippen LogP contribution >= 0.6 is 11.8 Å². The number of amides is 1. The average Bonchev–Trinajstić information content (AvgIpc) is 2.57. The van der Waals surface area contributed by atoms with Crippen LogP contribution in [0, 0.1) is 6.92 Å². The number of hydrogen-bond donors (Lipinski definition) is 2. The molecule has 0 fully saturated rings. The SMILES string of the molecule is CNS(=O)(=O)c1cc(NC(=O)/C=C/Sc2ccccc2)ccc1C. The van der Waals surface area contributed by atoms with Crippen molar-refractivity contribution in [2.45, 2.75) is 16.7 Å². The van der Waals surface area contributed by atoms with Gasteiger partial charge in [0, 0.05) is 16.7 Å². The lowest BCUT2D eigenvalue weighted by Gasteiger charge is -2.09. The smallest absolute Gasteiger partial charge is 0.248 e. The molecule has 0 unspecified atom stereocenters. The number of benzene rings is 2. The zero-order valence-corrected chi connectivity index (χ0v) is 14.9. The van der Waals surface area contributed by atoms with E-state index in [1.807, 2.05) is 30.3 Å². The van der Waals surface area contributed by atoms with Crippen molar-refractivity contribution in [2.75, 3.05) is 12.4 Å². The minimum Gasteiger partial charge on any atom is -0.322 e. The molecular weight excluding hydrogens is 344 g/mol. The molecular formula is C17H18N2O3S2. The molecule has 0 bridgehead atoms. The van der Waals surface area contributed by atoms with E-state index in [1.54, 1.807) is 24.5 Å². The van der Waals surface area contributed by atoms with Gasteiger partial charge in [-0.2, -0.15) is 0 Å². The second kappa shape index (κ2) is 8.14. The first-order valence-corrected chi connectivity index (χ1v) is 9.52. The van der Waals surface area contributed by atoms with E-state index in [0.717, 1.165) is 4.90 Å². The number of nitrogens with one attached hydrogen (secondary N) is 2. The molecule has 2 N–H and O–H groups in total. The third-order valence-corrected chi connectivity index (χ3v) is 5.55. The van der Waals surface area contributed by atoms with E-state index in [1.165, 1.54) is 31.0 Å². The molecule has 5 nitrogen and oxygen atoms in total. The zero-order chi connectivity index (χ0) is 17.6. The van der Waals surface area contributed by atoms with Crippen molar-refractivity contribution >= 4 is 33.4 Å². The molecule has 0 heterocycles. The third-order valence-electron chi connectivity index (χ3n) is 3.18. The Balaban J connectivity index is 2.05. The molecule has 126 valence electrons. The highest BCUT2D eigenvalue weighted by Crippen LogP contribution is 2.21. The van der Waals surface area contributed by atoms with E-state index in [2.05, 4.69) is 10.0 Å². The Hall–Kier alpha value is -2.09. The molecule has 0 aliphatic rings. The first-order valence-electron chi connectivity index (χ1n) is 7.16. The monoisotopic (exact) mass is 362 g/mol. The van der Waals surface area contributed by atoms with Crippen LogP contribution < -0.4 is 10.0 Å². The van der Waals surface area contributed by atoms with Gasteiger partial charge < -0.3 is 5.32 Å². The highest BCUT2D eigenvalue weighted by Gasteiger charge is 2.15. The van der Waals surface area contributed by atoms with Crippen LogP contribution in [-0.4, -0.2) is 21.4 Å². The zero-order valence-electron chi connectivity index (χ0n) is 13.3. The first kappa shape index (κ1) is 18.3. The van der Waals surface area contributed by atoms with E-state index in [4.69, 9.17) is 0 Å². The summed E-state index contributed by atoms with van der Waals surface area (Å²) in [5, 5.41) is 4.35. The van der Waals surface area contributed by atoms with Crippen LogP contribution in [0.3, 0.4) is 0 Å². The van der Waals surface area contributed by atoms with Crippen molar-refractivity contribution in [3.63, 3.8) is 0 Å². The van der Waals surface area contributed by atoms with Gasteiger partial charge >= 0.3 is 0 Å². The van der Waals surface area contributed by atoms with Crippen molar-refractivity contribution < 1.29 is 13.2 Å². The molecule has 2 rings (SSSR count). The number of anilines is 1. The van der Waals surface area contributed by atoms with Crippen LogP contribution in [0.4, 0.5) is 5.69 Å². The van der Waals surface area contributed by atoms with Crippen LogP contribution in [0.2, 0.25) is 0 Å². The van der Waals surface area contributed by atoms with Crippen molar-refractivity contribution in [3.8, 4) is 0 Å². The van der Waals surface area contributed by atoms with Gasteiger partial charge in [-0.3, -0.25) is 4.79 Å². The van der Waals surface area contributed by atoms with Crippen LogP contribution in [0.25, 0.3) is 0 Å². The minimum atomic E-state index is -3.56. The molecule has 0 radical (unpaired) electrons. The molecule has 2 aromatic carbocycles. The van der Waals surface area contributed by atoms with Gasteiger partial charge in [0.15, 0.2) is 0 Å². The predicted molar refractivity (Wildman–Crippen MR) is 97.5 cm³/mol. The molecule has 1 amide bonds. The number of sulfonamides is 1. The fourth-order valence-corrected chi connectivity index (χ4v) is 3.59. The van der Waals surface area contributed by atoms with Gasteiger partial charge in [-0.15, -0.1) is 0 Å². The van der Waals surface area contributed by atoms with Gasteiger partial charge in [0.1, 0.15) is 0 Å². The minimum absolute atomic E-state index is 0.144. The van der Waals surface area contributed by atoms with E-state index in [0.29, 0.717) is 11.3 Å². The molecule has 0 saturated heterocycles. The maximum Gasteiger partial charge on any atom is 0.248 e. The number of carbonyl (C=O) groups is 1. The summed E-state index contributed by atoms with van der Waals surface area (Å²) in [6.07, 6.45) is 1.41. The molecule has 0 aliphatic heterocycles. The van der Waals surface area contributed by atoms with Crippen molar-refractivity contribution in [1.82, 2.24) is 4.72 Å². The fourth-order valence-electron chi connectivity index (χ4n) is 1.93.